The molecule has 10 heteroatoms. The molecule has 0 spiro atoms. The highest BCUT2D eigenvalue weighted by molar-refractivity contribution is 5.70. The van der Waals surface area contributed by atoms with Crippen LogP contribution in [0.1, 0.15) is 30.5 Å². The van der Waals surface area contributed by atoms with Crippen molar-refractivity contribution in [2.24, 2.45) is 0 Å². The van der Waals surface area contributed by atoms with Gasteiger partial charge in [-0.15, -0.1) is 0 Å². The molecule has 140 valence electrons. The minimum absolute atomic E-state index is 0.159. The summed E-state index contributed by atoms with van der Waals surface area (Å²) in [7, 11) is 0. The van der Waals surface area contributed by atoms with Gasteiger partial charge < -0.3 is 9.26 Å². The van der Waals surface area contributed by atoms with Crippen LogP contribution in [0.15, 0.2) is 35.4 Å². The average molecular weight is 379 g/mol. The van der Waals surface area contributed by atoms with Gasteiger partial charge in [0.2, 0.25) is 5.82 Å². The summed E-state index contributed by atoms with van der Waals surface area (Å²) in [5.74, 6) is 1.12. The predicted molar refractivity (Wildman–Crippen MR) is 92.9 cm³/mol. The zero-order chi connectivity index (χ0) is 18.7. The van der Waals surface area contributed by atoms with E-state index in [1.807, 2.05) is 4.57 Å². The third-order valence-corrected chi connectivity index (χ3v) is 5.10. The van der Waals surface area contributed by atoms with Crippen molar-refractivity contribution in [3.8, 4) is 28.6 Å². The third kappa shape index (κ3) is 2.24. The number of imidazole rings is 1. The highest BCUT2D eigenvalue weighted by atomic mass is 19.1. The van der Waals surface area contributed by atoms with E-state index in [1.54, 1.807) is 17.1 Å². The molecule has 3 aromatic heterocycles. The van der Waals surface area contributed by atoms with E-state index in [9.17, 15) is 4.39 Å². The molecule has 5 heterocycles. The van der Waals surface area contributed by atoms with E-state index < -0.39 is 0 Å². The maximum atomic E-state index is 13.9. The Morgan fingerprint density at radius 1 is 1.21 bits per heavy atom. The van der Waals surface area contributed by atoms with Crippen molar-refractivity contribution in [2.75, 3.05) is 6.61 Å². The van der Waals surface area contributed by atoms with Crippen LogP contribution < -0.4 is 0 Å². The molecule has 1 unspecified atom stereocenters. The average Bonchev–Trinajstić information content (AvgIpc) is 3.48. The second-order valence-corrected chi connectivity index (χ2v) is 6.77. The van der Waals surface area contributed by atoms with Gasteiger partial charge in [0.1, 0.15) is 30.3 Å². The summed E-state index contributed by atoms with van der Waals surface area (Å²) < 4.78 is 28.5. The molecule has 0 bridgehead atoms. The summed E-state index contributed by atoms with van der Waals surface area (Å²) in [5.41, 5.74) is 2.82. The molecule has 2 aliphatic heterocycles. The van der Waals surface area contributed by atoms with E-state index in [1.165, 1.54) is 18.5 Å². The molecule has 1 saturated heterocycles. The van der Waals surface area contributed by atoms with Crippen LogP contribution in [-0.4, -0.2) is 41.1 Å². The van der Waals surface area contributed by atoms with Crippen molar-refractivity contribution in [2.45, 2.75) is 25.5 Å². The van der Waals surface area contributed by atoms with Crippen LogP contribution in [0, 0.1) is 5.82 Å². The Kier molecular flexibility index (Phi) is 3.24. The van der Waals surface area contributed by atoms with Crippen molar-refractivity contribution in [1.82, 2.24) is 34.5 Å². The summed E-state index contributed by atoms with van der Waals surface area (Å²) >= 11 is 0. The summed E-state index contributed by atoms with van der Waals surface area (Å²) in [4.78, 5) is 13.3. The van der Waals surface area contributed by atoms with Crippen LogP contribution >= 0.6 is 0 Å². The van der Waals surface area contributed by atoms with Crippen molar-refractivity contribution in [1.29, 1.82) is 0 Å². The van der Waals surface area contributed by atoms with Gasteiger partial charge >= 0.3 is 0 Å². The molecule has 0 N–H and O–H groups in total. The Balaban J connectivity index is 1.51. The first-order valence-corrected chi connectivity index (χ1v) is 8.98. The van der Waals surface area contributed by atoms with E-state index in [-0.39, 0.29) is 11.9 Å². The van der Waals surface area contributed by atoms with Gasteiger partial charge in [0.15, 0.2) is 5.82 Å². The molecule has 0 amide bonds. The second-order valence-electron chi connectivity index (χ2n) is 6.77. The van der Waals surface area contributed by atoms with Gasteiger partial charge in [0, 0.05) is 12.2 Å². The predicted octanol–water partition coefficient (Wildman–Crippen LogP) is 2.53. The van der Waals surface area contributed by atoms with Crippen molar-refractivity contribution < 1.29 is 13.7 Å². The van der Waals surface area contributed by atoms with Crippen LogP contribution in [-0.2, 0) is 11.3 Å². The molecule has 1 atom stereocenters. The van der Waals surface area contributed by atoms with Crippen molar-refractivity contribution in [3.63, 3.8) is 0 Å². The highest BCUT2D eigenvalue weighted by Gasteiger charge is 2.28. The first-order valence-electron chi connectivity index (χ1n) is 8.98. The van der Waals surface area contributed by atoms with Crippen molar-refractivity contribution >= 4 is 0 Å². The molecule has 0 saturated carbocycles. The van der Waals surface area contributed by atoms with Gasteiger partial charge in [0.25, 0.3) is 5.89 Å². The molecule has 6 rings (SSSR count). The molecule has 2 aliphatic rings. The standard InChI is InChI=1S/C18H14FN7O2/c19-10-3-4-12-11(6-10)17-20-8-22-26(17)7-13-15(21-9-25(12)13)16-23-18(28-24-16)14-2-1-5-27-14/h3-4,6,8-9,14H,1-2,5,7H2. The molecule has 1 fully saturated rings. The van der Waals surface area contributed by atoms with Crippen LogP contribution in [0.5, 0.6) is 0 Å². The molecule has 9 nitrogen and oxygen atoms in total. The van der Waals surface area contributed by atoms with Gasteiger partial charge in [-0.3, -0.25) is 4.57 Å². The summed E-state index contributed by atoms with van der Waals surface area (Å²) in [6.07, 6.45) is 4.82. The number of fused-ring (bicyclic) bond motifs is 5. The maximum absolute atomic E-state index is 13.9. The molecule has 0 aliphatic carbocycles. The SMILES string of the molecule is Fc1ccc2c(c1)-c1ncnn1Cc1c(-c3noc(C4CCCO4)n3)ncn1-2. The number of aromatic nitrogens is 7. The normalized spacial score (nSPS) is 17.8. The fourth-order valence-corrected chi connectivity index (χ4v) is 3.78. The molecule has 0 radical (unpaired) electrons. The lowest BCUT2D eigenvalue weighted by Gasteiger charge is -2.08. The number of ether oxygens (including phenoxy) is 1. The Hall–Kier alpha value is -3.40. The fourth-order valence-electron chi connectivity index (χ4n) is 3.78. The van der Waals surface area contributed by atoms with E-state index in [0.29, 0.717) is 41.9 Å². The number of nitrogens with zero attached hydrogens (tertiary/aromatic N) is 7. The molecular formula is C18H14FN7O2. The Morgan fingerprint density at radius 2 is 2.18 bits per heavy atom. The molecular weight excluding hydrogens is 365 g/mol. The van der Waals surface area contributed by atoms with Gasteiger partial charge in [-0.2, -0.15) is 10.1 Å². The lowest BCUT2D eigenvalue weighted by molar-refractivity contribution is 0.0835. The maximum Gasteiger partial charge on any atom is 0.256 e. The summed E-state index contributed by atoms with van der Waals surface area (Å²) in [6.45, 7) is 1.09. The van der Waals surface area contributed by atoms with Gasteiger partial charge in [-0.1, -0.05) is 5.16 Å². The number of rotatable bonds is 2. The third-order valence-electron chi connectivity index (χ3n) is 5.10. The zero-order valence-corrected chi connectivity index (χ0v) is 14.6. The Bertz CT molecular complexity index is 1190. The largest absolute Gasteiger partial charge is 0.368 e. The Morgan fingerprint density at radius 3 is 3.07 bits per heavy atom. The molecule has 4 aromatic rings. The van der Waals surface area contributed by atoms with Crippen LogP contribution in [0.4, 0.5) is 4.39 Å². The van der Waals surface area contributed by atoms with E-state index in [0.717, 1.165) is 24.2 Å². The number of benzene rings is 1. The van der Waals surface area contributed by atoms with Crippen LogP contribution in [0.3, 0.4) is 0 Å². The second kappa shape index (κ2) is 5.80. The lowest BCUT2D eigenvalue weighted by atomic mass is 10.1. The summed E-state index contributed by atoms with van der Waals surface area (Å²) in [6, 6.07) is 4.57. The minimum Gasteiger partial charge on any atom is -0.368 e. The molecule has 28 heavy (non-hydrogen) atoms. The van der Waals surface area contributed by atoms with E-state index >= 15 is 0 Å². The van der Waals surface area contributed by atoms with E-state index in [2.05, 4.69) is 25.2 Å². The minimum atomic E-state index is -0.337. The zero-order valence-electron chi connectivity index (χ0n) is 14.6. The van der Waals surface area contributed by atoms with Gasteiger partial charge in [-0.05, 0) is 31.0 Å². The van der Waals surface area contributed by atoms with Crippen LogP contribution in [0.2, 0.25) is 0 Å². The van der Waals surface area contributed by atoms with Crippen molar-refractivity contribution in [3.05, 3.63) is 48.3 Å². The topological polar surface area (TPSA) is 96.7 Å². The summed E-state index contributed by atoms with van der Waals surface area (Å²) in [5, 5.41) is 8.39. The Labute approximate surface area is 157 Å². The van der Waals surface area contributed by atoms with Crippen LogP contribution in [0.25, 0.3) is 28.6 Å². The number of hydrogen-bond donors (Lipinski definition) is 0. The monoisotopic (exact) mass is 379 g/mol. The first-order chi connectivity index (χ1) is 13.8. The fraction of sp³-hybridized carbons (Fsp3) is 0.278. The quantitative estimate of drug-likeness (QED) is 0.465. The lowest BCUT2D eigenvalue weighted by Crippen LogP contribution is -2.06. The number of hydrogen-bond acceptors (Lipinski definition) is 7. The van der Waals surface area contributed by atoms with Gasteiger partial charge in [-0.25, -0.2) is 19.0 Å². The highest BCUT2D eigenvalue weighted by Crippen LogP contribution is 2.34. The smallest absolute Gasteiger partial charge is 0.256 e. The first kappa shape index (κ1) is 15.6. The van der Waals surface area contributed by atoms with Gasteiger partial charge in [0.05, 0.1) is 17.9 Å². The van der Waals surface area contributed by atoms with E-state index in [4.69, 9.17) is 9.26 Å². The molecule has 1 aromatic carbocycles. The number of halogens is 1.